The Kier molecular flexibility index (Phi) is 3.48. The van der Waals surface area contributed by atoms with Gasteiger partial charge in [0.15, 0.2) is 0 Å². The maximum absolute atomic E-state index is 8.84. The number of rotatable bonds is 3. The van der Waals surface area contributed by atoms with Gasteiger partial charge in [0, 0.05) is 6.54 Å². The minimum Gasteiger partial charge on any atom is -0.423 e. The molecule has 0 unspecified atom stereocenters. The highest BCUT2D eigenvalue weighted by Crippen LogP contribution is 1.99. The summed E-state index contributed by atoms with van der Waals surface area (Å²) in [5, 5.41) is 17.7. The molecule has 0 amide bonds. The summed E-state index contributed by atoms with van der Waals surface area (Å²) >= 11 is 0. The first-order valence-corrected chi connectivity index (χ1v) is 4.19. The van der Waals surface area contributed by atoms with Crippen LogP contribution in [-0.2, 0) is 6.54 Å². The van der Waals surface area contributed by atoms with Crippen LogP contribution >= 0.6 is 0 Å². The summed E-state index contributed by atoms with van der Waals surface area (Å²) in [7, 11) is 2.62. The van der Waals surface area contributed by atoms with E-state index in [-0.39, 0.29) is 0 Å². The molecule has 0 aliphatic heterocycles. The molecule has 4 heteroatoms. The molecule has 0 aromatic heterocycles. The van der Waals surface area contributed by atoms with E-state index >= 15 is 0 Å². The normalized spacial score (nSPS) is 10.5. The lowest BCUT2D eigenvalue weighted by Crippen LogP contribution is -2.29. The number of nitrogens with zero attached hydrogens (tertiary/aromatic N) is 1. The Balaban J connectivity index is 2.70. The molecular weight excluding hydrogens is 165 g/mol. The standard InChI is InChI=1S/C9H14BNO2/c1-11(2)7-8-3-5-9(6-4-8)10(12)13/h3-6,12-13H,7H2,1-2H3. The predicted octanol–water partition coefficient (Wildman–Crippen LogP) is -0.572. The van der Waals surface area contributed by atoms with Crippen molar-refractivity contribution in [2.75, 3.05) is 14.1 Å². The molecule has 3 nitrogen and oxygen atoms in total. The fraction of sp³-hybridized carbons (Fsp3) is 0.333. The van der Waals surface area contributed by atoms with E-state index in [0.717, 1.165) is 12.1 Å². The van der Waals surface area contributed by atoms with Gasteiger partial charge in [-0.2, -0.15) is 0 Å². The molecular formula is C9H14BNO2. The molecule has 0 aliphatic rings. The van der Waals surface area contributed by atoms with E-state index in [0.29, 0.717) is 5.46 Å². The van der Waals surface area contributed by atoms with Gasteiger partial charge in [-0.25, -0.2) is 0 Å². The molecule has 0 bridgehead atoms. The second-order valence-corrected chi connectivity index (χ2v) is 3.35. The van der Waals surface area contributed by atoms with E-state index in [2.05, 4.69) is 4.90 Å². The Morgan fingerprint density at radius 2 is 1.69 bits per heavy atom. The van der Waals surface area contributed by atoms with Crippen molar-refractivity contribution in [3.05, 3.63) is 29.8 Å². The Labute approximate surface area is 78.8 Å². The molecule has 0 heterocycles. The Morgan fingerprint density at radius 3 is 2.08 bits per heavy atom. The van der Waals surface area contributed by atoms with Gasteiger partial charge in [0.25, 0.3) is 0 Å². The first-order valence-electron chi connectivity index (χ1n) is 4.19. The van der Waals surface area contributed by atoms with Crippen molar-refractivity contribution < 1.29 is 10.0 Å². The third-order valence-corrected chi connectivity index (χ3v) is 1.78. The minimum atomic E-state index is -1.37. The first-order chi connectivity index (χ1) is 6.09. The van der Waals surface area contributed by atoms with Crippen LogP contribution in [0.3, 0.4) is 0 Å². The van der Waals surface area contributed by atoms with Crippen molar-refractivity contribution in [3.8, 4) is 0 Å². The van der Waals surface area contributed by atoms with Crippen LogP contribution in [0.2, 0.25) is 0 Å². The van der Waals surface area contributed by atoms with E-state index in [1.807, 2.05) is 26.2 Å². The molecule has 0 radical (unpaired) electrons. The van der Waals surface area contributed by atoms with E-state index < -0.39 is 7.12 Å². The summed E-state index contributed by atoms with van der Waals surface area (Å²) in [6.07, 6.45) is 0. The third-order valence-electron chi connectivity index (χ3n) is 1.78. The van der Waals surface area contributed by atoms with Crippen molar-refractivity contribution in [2.24, 2.45) is 0 Å². The van der Waals surface area contributed by atoms with Gasteiger partial charge in [-0.1, -0.05) is 24.3 Å². The quantitative estimate of drug-likeness (QED) is 0.610. The SMILES string of the molecule is CN(C)Cc1ccc(B(O)O)cc1. The highest BCUT2D eigenvalue weighted by molar-refractivity contribution is 6.58. The van der Waals surface area contributed by atoms with E-state index in [1.54, 1.807) is 12.1 Å². The molecule has 2 N–H and O–H groups in total. The maximum atomic E-state index is 8.84. The van der Waals surface area contributed by atoms with Crippen LogP contribution in [0.5, 0.6) is 0 Å². The van der Waals surface area contributed by atoms with Crippen molar-refractivity contribution in [1.29, 1.82) is 0 Å². The van der Waals surface area contributed by atoms with Gasteiger partial charge in [0.1, 0.15) is 0 Å². The molecule has 13 heavy (non-hydrogen) atoms. The van der Waals surface area contributed by atoms with Crippen LogP contribution in [0.1, 0.15) is 5.56 Å². The maximum Gasteiger partial charge on any atom is 0.488 e. The summed E-state index contributed by atoms with van der Waals surface area (Å²) in [6.45, 7) is 0.863. The lowest BCUT2D eigenvalue weighted by molar-refractivity contribution is 0.402. The summed E-state index contributed by atoms with van der Waals surface area (Å²) in [6, 6.07) is 7.25. The van der Waals surface area contributed by atoms with Gasteiger partial charge < -0.3 is 14.9 Å². The van der Waals surface area contributed by atoms with Gasteiger partial charge in [-0.15, -0.1) is 0 Å². The minimum absolute atomic E-state index is 0.530. The van der Waals surface area contributed by atoms with E-state index in [1.165, 1.54) is 0 Å². The zero-order valence-corrected chi connectivity index (χ0v) is 7.94. The van der Waals surface area contributed by atoms with Crippen LogP contribution in [0.25, 0.3) is 0 Å². The van der Waals surface area contributed by atoms with Crippen LogP contribution in [-0.4, -0.2) is 36.2 Å². The smallest absolute Gasteiger partial charge is 0.423 e. The van der Waals surface area contributed by atoms with Crippen LogP contribution in [0.4, 0.5) is 0 Å². The highest BCUT2D eigenvalue weighted by atomic mass is 16.4. The van der Waals surface area contributed by atoms with Gasteiger partial charge in [-0.3, -0.25) is 0 Å². The topological polar surface area (TPSA) is 43.7 Å². The monoisotopic (exact) mass is 179 g/mol. The number of hydrogen-bond acceptors (Lipinski definition) is 3. The zero-order valence-electron chi connectivity index (χ0n) is 7.94. The largest absolute Gasteiger partial charge is 0.488 e. The van der Waals surface area contributed by atoms with Gasteiger partial charge in [0.05, 0.1) is 0 Å². The summed E-state index contributed by atoms with van der Waals surface area (Å²) < 4.78 is 0. The molecule has 0 aliphatic carbocycles. The van der Waals surface area contributed by atoms with Crippen molar-refractivity contribution >= 4 is 12.6 Å². The fourth-order valence-electron chi connectivity index (χ4n) is 1.16. The zero-order chi connectivity index (χ0) is 9.84. The van der Waals surface area contributed by atoms with E-state index in [4.69, 9.17) is 10.0 Å². The summed E-state index contributed by atoms with van der Waals surface area (Å²) in [5.74, 6) is 0. The molecule has 0 saturated heterocycles. The highest BCUT2D eigenvalue weighted by Gasteiger charge is 2.09. The van der Waals surface area contributed by atoms with Crippen LogP contribution in [0, 0.1) is 0 Å². The molecule has 0 spiro atoms. The number of hydrogen-bond donors (Lipinski definition) is 2. The molecule has 0 atom stereocenters. The molecule has 1 aromatic rings. The lowest BCUT2D eigenvalue weighted by Gasteiger charge is -2.09. The summed E-state index contributed by atoms with van der Waals surface area (Å²) in [5.41, 5.74) is 1.69. The molecule has 0 fully saturated rings. The van der Waals surface area contributed by atoms with Gasteiger partial charge >= 0.3 is 7.12 Å². The predicted molar refractivity (Wildman–Crippen MR) is 53.7 cm³/mol. The molecule has 0 saturated carbocycles. The average molecular weight is 179 g/mol. The van der Waals surface area contributed by atoms with Crippen molar-refractivity contribution in [3.63, 3.8) is 0 Å². The van der Waals surface area contributed by atoms with Gasteiger partial charge in [-0.05, 0) is 25.1 Å². The van der Waals surface area contributed by atoms with Crippen LogP contribution < -0.4 is 5.46 Å². The Morgan fingerprint density at radius 1 is 1.15 bits per heavy atom. The Bertz CT molecular complexity index is 259. The lowest BCUT2D eigenvalue weighted by atomic mass is 9.80. The fourth-order valence-corrected chi connectivity index (χ4v) is 1.16. The molecule has 1 rings (SSSR count). The second kappa shape index (κ2) is 4.41. The first kappa shape index (κ1) is 10.2. The summed E-state index contributed by atoms with van der Waals surface area (Å²) in [4.78, 5) is 2.06. The molecule has 1 aromatic carbocycles. The average Bonchev–Trinajstić information content (AvgIpc) is 2.04. The van der Waals surface area contributed by atoms with Crippen molar-refractivity contribution in [1.82, 2.24) is 4.90 Å². The van der Waals surface area contributed by atoms with E-state index in [9.17, 15) is 0 Å². The second-order valence-electron chi connectivity index (χ2n) is 3.35. The van der Waals surface area contributed by atoms with Crippen LogP contribution in [0.15, 0.2) is 24.3 Å². The molecule has 70 valence electrons. The van der Waals surface area contributed by atoms with Crippen molar-refractivity contribution in [2.45, 2.75) is 6.54 Å². The third kappa shape index (κ3) is 3.18. The van der Waals surface area contributed by atoms with Gasteiger partial charge in [0.2, 0.25) is 0 Å². The number of benzene rings is 1. The Hall–Kier alpha value is -0.835.